The first-order valence-electron chi connectivity index (χ1n) is 7.75. The highest BCUT2D eigenvalue weighted by atomic mass is 14.6. The predicted molar refractivity (Wildman–Crippen MR) is 72.4 cm³/mol. The highest BCUT2D eigenvalue weighted by Gasteiger charge is 2.53. The molecule has 0 nitrogen and oxygen atoms in total. The van der Waals surface area contributed by atoms with Crippen molar-refractivity contribution >= 4 is 0 Å². The van der Waals surface area contributed by atoms with Gasteiger partial charge in [0, 0.05) is 5.92 Å². The minimum absolute atomic E-state index is 0.784. The molecule has 3 aliphatic carbocycles. The van der Waals surface area contributed by atoms with Gasteiger partial charge in [0.15, 0.2) is 0 Å². The summed E-state index contributed by atoms with van der Waals surface area (Å²) in [4.78, 5) is 0. The van der Waals surface area contributed by atoms with Gasteiger partial charge in [-0.2, -0.15) is 0 Å². The summed E-state index contributed by atoms with van der Waals surface area (Å²) >= 11 is 0. The fourth-order valence-corrected chi connectivity index (χ4v) is 4.30. The second-order valence-electron chi connectivity index (χ2n) is 6.70. The van der Waals surface area contributed by atoms with E-state index in [2.05, 4.69) is 18.8 Å². The zero-order valence-corrected chi connectivity index (χ0v) is 11.4. The van der Waals surface area contributed by atoms with Crippen LogP contribution in [0.5, 0.6) is 0 Å². The molecule has 3 aliphatic rings. The SMILES string of the molecule is CC#CC1CC1C1C(CCC)CC1CC1CC1. The van der Waals surface area contributed by atoms with Crippen LogP contribution in [0.1, 0.15) is 58.8 Å². The van der Waals surface area contributed by atoms with Gasteiger partial charge in [-0.05, 0) is 55.8 Å². The third kappa shape index (κ3) is 2.40. The predicted octanol–water partition coefficient (Wildman–Crippen LogP) is 4.50. The van der Waals surface area contributed by atoms with E-state index in [1.165, 1.54) is 32.1 Å². The van der Waals surface area contributed by atoms with Crippen molar-refractivity contribution in [1.29, 1.82) is 0 Å². The quantitative estimate of drug-likeness (QED) is 0.610. The molecular weight excluding hydrogens is 204 g/mol. The molecule has 17 heavy (non-hydrogen) atoms. The molecule has 0 heteroatoms. The molecule has 0 aromatic heterocycles. The summed E-state index contributed by atoms with van der Waals surface area (Å²) in [5, 5.41) is 0. The Morgan fingerprint density at radius 1 is 1.12 bits per heavy atom. The number of hydrogen-bond acceptors (Lipinski definition) is 0. The Labute approximate surface area is 107 Å². The van der Waals surface area contributed by atoms with Gasteiger partial charge in [0.05, 0.1) is 0 Å². The van der Waals surface area contributed by atoms with E-state index in [0.29, 0.717) is 0 Å². The van der Waals surface area contributed by atoms with Crippen molar-refractivity contribution in [3.63, 3.8) is 0 Å². The fraction of sp³-hybridized carbons (Fsp3) is 0.882. The third-order valence-electron chi connectivity index (χ3n) is 5.35. The van der Waals surface area contributed by atoms with Crippen LogP contribution in [0, 0.1) is 47.3 Å². The van der Waals surface area contributed by atoms with E-state index in [1.807, 2.05) is 6.92 Å². The average Bonchev–Trinajstić information content (AvgIpc) is 3.16. The summed E-state index contributed by atoms with van der Waals surface area (Å²) in [6, 6.07) is 0. The largest absolute Gasteiger partial charge is 0.106 e. The lowest BCUT2D eigenvalue weighted by Crippen LogP contribution is -2.38. The molecule has 0 aromatic rings. The van der Waals surface area contributed by atoms with Crippen molar-refractivity contribution in [2.24, 2.45) is 35.5 Å². The molecule has 0 saturated heterocycles. The van der Waals surface area contributed by atoms with Gasteiger partial charge in [-0.3, -0.25) is 0 Å². The average molecular weight is 230 g/mol. The van der Waals surface area contributed by atoms with E-state index in [-0.39, 0.29) is 0 Å². The van der Waals surface area contributed by atoms with Crippen LogP contribution in [0.25, 0.3) is 0 Å². The van der Waals surface area contributed by atoms with E-state index in [4.69, 9.17) is 0 Å². The lowest BCUT2D eigenvalue weighted by atomic mass is 9.59. The van der Waals surface area contributed by atoms with E-state index in [1.54, 1.807) is 12.8 Å². The molecule has 0 N–H and O–H groups in total. The highest BCUT2D eigenvalue weighted by molar-refractivity contribution is 5.15. The van der Waals surface area contributed by atoms with Crippen molar-refractivity contribution in [3.05, 3.63) is 0 Å². The second kappa shape index (κ2) is 4.68. The summed E-state index contributed by atoms with van der Waals surface area (Å²) in [5.41, 5.74) is 0. The van der Waals surface area contributed by atoms with Crippen LogP contribution in [-0.4, -0.2) is 0 Å². The van der Waals surface area contributed by atoms with Gasteiger partial charge >= 0.3 is 0 Å². The summed E-state index contributed by atoms with van der Waals surface area (Å²) in [7, 11) is 0. The van der Waals surface area contributed by atoms with Crippen LogP contribution in [-0.2, 0) is 0 Å². The summed E-state index contributed by atoms with van der Waals surface area (Å²) in [6.07, 6.45) is 10.5. The molecule has 3 saturated carbocycles. The van der Waals surface area contributed by atoms with Gasteiger partial charge in [0.2, 0.25) is 0 Å². The van der Waals surface area contributed by atoms with Gasteiger partial charge in [-0.1, -0.05) is 38.5 Å². The van der Waals surface area contributed by atoms with Gasteiger partial charge < -0.3 is 0 Å². The molecule has 3 rings (SSSR count). The molecule has 0 aliphatic heterocycles. The second-order valence-corrected chi connectivity index (χ2v) is 6.70. The molecule has 0 amide bonds. The molecule has 0 spiro atoms. The Balaban J connectivity index is 1.57. The first-order valence-corrected chi connectivity index (χ1v) is 7.75. The standard InChI is InChI=1S/C17H26/c1-3-5-13-11-16(13)17-14(6-4-2)10-15(17)9-12-7-8-12/h12-17H,4,6-11H2,1-2H3. The smallest absolute Gasteiger partial charge is 0.0237 e. The molecule has 0 heterocycles. The van der Waals surface area contributed by atoms with Crippen LogP contribution in [0.2, 0.25) is 0 Å². The van der Waals surface area contributed by atoms with Crippen LogP contribution in [0.4, 0.5) is 0 Å². The van der Waals surface area contributed by atoms with E-state index in [9.17, 15) is 0 Å². The fourth-order valence-electron chi connectivity index (χ4n) is 4.30. The van der Waals surface area contributed by atoms with Gasteiger partial charge in [0.1, 0.15) is 0 Å². The zero-order valence-electron chi connectivity index (χ0n) is 11.4. The van der Waals surface area contributed by atoms with E-state index >= 15 is 0 Å². The molecule has 94 valence electrons. The van der Waals surface area contributed by atoms with Crippen molar-refractivity contribution in [1.82, 2.24) is 0 Å². The first kappa shape index (κ1) is 11.6. The Hall–Kier alpha value is -0.440. The minimum atomic E-state index is 0.784. The molecule has 5 unspecified atom stereocenters. The number of rotatable bonds is 5. The van der Waals surface area contributed by atoms with Crippen molar-refractivity contribution in [2.75, 3.05) is 0 Å². The summed E-state index contributed by atoms with van der Waals surface area (Å²) in [5.74, 6) is 12.7. The molecule has 0 bridgehead atoms. The van der Waals surface area contributed by atoms with Crippen molar-refractivity contribution in [2.45, 2.75) is 58.8 Å². The van der Waals surface area contributed by atoms with Crippen LogP contribution in [0.15, 0.2) is 0 Å². The highest BCUT2D eigenvalue weighted by Crippen LogP contribution is 2.60. The van der Waals surface area contributed by atoms with E-state index in [0.717, 1.165) is 35.5 Å². The molecular formula is C17H26. The maximum absolute atomic E-state index is 3.42. The van der Waals surface area contributed by atoms with Gasteiger partial charge in [-0.25, -0.2) is 0 Å². The Kier molecular flexibility index (Phi) is 3.20. The summed E-state index contributed by atoms with van der Waals surface area (Å²) < 4.78 is 0. The van der Waals surface area contributed by atoms with Crippen LogP contribution < -0.4 is 0 Å². The van der Waals surface area contributed by atoms with Crippen LogP contribution in [0.3, 0.4) is 0 Å². The summed E-state index contributed by atoms with van der Waals surface area (Å²) in [6.45, 7) is 4.35. The van der Waals surface area contributed by atoms with Crippen molar-refractivity contribution in [3.8, 4) is 11.8 Å². The third-order valence-corrected chi connectivity index (χ3v) is 5.35. The molecule has 0 aromatic carbocycles. The zero-order chi connectivity index (χ0) is 11.8. The van der Waals surface area contributed by atoms with Crippen LogP contribution >= 0.6 is 0 Å². The maximum Gasteiger partial charge on any atom is 0.0237 e. The Bertz CT molecular complexity index is 328. The van der Waals surface area contributed by atoms with Gasteiger partial charge in [0.25, 0.3) is 0 Å². The van der Waals surface area contributed by atoms with Crippen molar-refractivity contribution < 1.29 is 0 Å². The Morgan fingerprint density at radius 2 is 1.94 bits per heavy atom. The van der Waals surface area contributed by atoms with E-state index < -0.39 is 0 Å². The lowest BCUT2D eigenvalue weighted by molar-refractivity contribution is 0.0313. The molecule has 5 atom stereocenters. The first-order chi connectivity index (χ1) is 8.33. The maximum atomic E-state index is 3.42. The van der Waals surface area contributed by atoms with Gasteiger partial charge in [-0.15, -0.1) is 5.92 Å². The molecule has 0 radical (unpaired) electrons. The lowest BCUT2D eigenvalue weighted by Gasteiger charge is -2.46. The topological polar surface area (TPSA) is 0 Å². The normalized spacial score (nSPS) is 43.5. The number of hydrogen-bond donors (Lipinski definition) is 0. The Morgan fingerprint density at radius 3 is 2.59 bits per heavy atom. The monoisotopic (exact) mass is 230 g/mol. The molecule has 3 fully saturated rings. The minimum Gasteiger partial charge on any atom is -0.106 e.